The maximum Gasteiger partial charge on any atom is 0.339 e. The van der Waals surface area contributed by atoms with Crippen LogP contribution in [0.15, 0.2) is 78.1 Å². The van der Waals surface area contributed by atoms with Crippen molar-refractivity contribution in [1.82, 2.24) is 20.1 Å². The molecule has 4 amide bonds. The van der Waals surface area contributed by atoms with E-state index in [9.17, 15) is 24.0 Å². The monoisotopic (exact) mass is 599 g/mol. The molecule has 0 saturated carbocycles. The fourth-order valence-electron chi connectivity index (χ4n) is 5.20. The van der Waals surface area contributed by atoms with E-state index in [-0.39, 0.29) is 36.2 Å². The van der Waals surface area contributed by atoms with Gasteiger partial charge in [0, 0.05) is 42.8 Å². The number of amides is 4. The first-order valence-corrected chi connectivity index (χ1v) is 14.6. The number of aromatic amines is 1. The van der Waals surface area contributed by atoms with Gasteiger partial charge in [-0.2, -0.15) is 0 Å². The highest BCUT2D eigenvalue weighted by atomic mass is 16.5. The van der Waals surface area contributed by atoms with Crippen LogP contribution in [0.4, 0.5) is 10.5 Å². The number of carbonyl (C=O) groups excluding carboxylic acids is 5. The Morgan fingerprint density at radius 2 is 1.77 bits per heavy atom. The number of piperazine rings is 1. The summed E-state index contributed by atoms with van der Waals surface area (Å²) in [7, 11) is 0. The quantitative estimate of drug-likeness (QED) is 0.108. The van der Waals surface area contributed by atoms with Crippen molar-refractivity contribution in [2.24, 2.45) is 0 Å². The fourth-order valence-corrected chi connectivity index (χ4v) is 5.20. The Balaban J connectivity index is 1.46. The van der Waals surface area contributed by atoms with Gasteiger partial charge >= 0.3 is 12.0 Å². The summed E-state index contributed by atoms with van der Waals surface area (Å²) in [4.78, 5) is 71.2. The summed E-state index contributed by atoms with van der Waals surface area (Å²) in [6.45, 7) is 8.12. The zero-order valence-electron chi connectivity index (χ0n) is 25.3. The predicted molar refractivity (Wildman–Crippen MR) is 167 cm³/mol. The van der Waals surface area contributed by atoms with Crippen LogP contribution < -0.4 is 10.6 Å². The Morgan fingerprint density at radius 3 is 2.43 bits per heavy atom. The molecule has 230 valence electrons. The fraction of sp³-hybridized carbons (Fsp3) is 0.303. The minimum absolute atomic E-state index is 0.114. The highest BCUT2D eigenvalue weighted by molar-refractivity contribution is 6.45. The molecule has 2 heterocycles. The van der Waals surface area contributed by atoms with Gasteiger partial charge in [0.25, 0.3) is 17.6 Å². The van der Waals surface area contributed by atoms with Crippen LogP contribution in [0.1, 0.15) is 54.8 Å². The number of ether oxygens (including phenoxy) is 1. The summed E-state index contributed by atoms with van der Waals surface area (Å²) in [5, 5.41) is 5.94. The third-order valence-corrected chi connectivity index (χ3v) is 7.33. The molecule has 0 bridgehead atoms. The van der Waals surface area contributed by atoms with Crippen molar-refractivity contribution in [3.63, 3.8) is 0 Å². The van der Waals surface area contributed by atoms with Gasteiger partial charge in [-0.15, -0.1) is 0 Å². The molecule has 0 spiro atoms. The van der Waals surface area contributed by atoms with Crippen LogP contribution in [-0.2, 0) is 14.3 Å². The van der Waals surface area contributed by atoms with E-state index in [1.54, 1.807) is 73.4 Å². The molecule has 44 heavy (non-hydrogen) atoms. The molecule has 11 heteroatoms. The number of carbonyl (C=O) groups is 5. The summed E-state index contributed by atoms with van der Waals surface area (Å²) in [5.74, 6) is -2.01. The lowest BCUT2D eigenvalue weighted by molar-refractivity contribution is -0.138. The van der Waals surface area contributed by atoms with Crippen molar-refractivity contribution in [2.45, 2.75) is 40.2 Å². The number of esters is 1. The Labute approximate surface area is 255 Å². The van der Waals surface area contributed by atoms with Crippen molar-refractivity contribution >= 4 is 46.2 Å². The topological polar surface area (TPSA) is 141 Å². The molecular weight excluding hydrogens is 562 g/mol. The molecule has 1 aliphatic rings. The Hall–Kier alpha value is -5.19. The molecule has 1 fully saturated rings. The highest BCUT2D eigenvalue weighted by Crippen LogP contribution is 2.27. The number of nitrogens with zero attached hydrogens (tertiary/aromatic N) is 2. The van der Waals surface area contributed by atoms with Crippen LogP contribution in [0.2, 0.25) is 0 Å². The minimum atomic E-state index is -0.687. The number of benzene rings is 2. The third kappa shape index (κ3) is 6.88. The molecule has 1 saturated heterocycles. The molecule has 3 aromatic rings. The second-order valence-corrected chi connectivity index (χ2v) is 10.3. The summed E-state index contributed by atoms with van der Waals surface area (Å²) < 4.78 is 5.10. The molecular formula is C33H37N5O6. The lowest BCUT2D eigenvalue weighted by Crippen LogP contribution is -2.56. The molecule has 1 atom stereocenters. The second kappa shape index (κ2) is 14.3. The number of hydrogen-bond acceptors (Lipinski definition) is 6. The van der Waals surface area contributed by atoms with Crippen molar-refractivity contribution in [3.05, 3.63) is 89.3 Å². The van der Waals surface area contributed by atoms with Crippen LogP contribution in [0.5, 0.6) is 0 Å². The molecule has 0 radical (unpaired) electrons. The van der Waals surface area contributed by atoms with Crippen molar-refractivity contribution < 1.29 is 28.7 Å². The van der Waals surface area contributed by atoms with Gasteiger partial charge in [-0.05, 0) is 45.4 Å². The first-order valence-electron chi connectivity index (χ1n) is 14.6. The second-order valence-electron chi connectivity index (χ2n) is 10.3. The molecule has 1 unspecified atom stereocenters. The first kappa shape index (κ1) is 31.7. The number of hydrogen-bond donors (Lipinski definition) is 3. The lowest BCUT2D eigenvalue weighted by Gasteiger charge is -2.39. The Kier molecular flexibility index (Phi) is 10.3. The summed E-state index contributed by atoms with van der Waals surface area (Å²) >= 11 is 0. The van der Waals surface area contributed by atoms with E-state index in [1.165, 1.54) is 11.1 Å². The van der Waals surface area contributed by atoms with Gasteiger partial charge in [0.15, 0.2) is 0 Å². The van der Waals surface area contributed by atoms with Gasteiger partial charge in [-0.3, -0.25) is 14.4 Å². The van der Waals surface area contributed by atoms with E-state index in [4.69, 9.17) is 4.74 Å². The molecule has 1 aliphatic heterocycles. The average Bonchev–Trinajstić information content (AvgIpc) is 3.46. The number of urea groups is 1. The lowest BCUT2D eigenvalue weighted by atomic mass is 10.1. The van der Waals surface area contributed by atoms with Crippen molar-refractivity contribution in [1.29, 1.82) is 0 Å². The number of anilines is 1. The number of rotatable bonds is 9. The van der Waals surface area contributed by atoms with Gasteiger partial charge in [0.05, 0.1) is 34.6 Å². The van der Waals surface area contributed by atoms with Crippen LogP contribution >= 0.6 is 0 Å². The zero-order chi connectivity index (χ0) is 31.8. The van der Waals surface area contributed by atoms with Crippen LogP contribution in [0, 0.1) is 0 Å². The smallest absolute Gasteiger partial charge is 0.339 e. The number of aromatic nitrogens is 1. The largest absolute Gasteiger partial charge is 0.462 e. The van der Waals surface area contributed by atoms with E-state index in [0.29, 0.717) is 47.4 Å². The average molecular weight is 600 g/mol. The normalized spacial score (nSPS) is 15.6. The van der Waals surface area contributed by atoms with Crippen molar-refractivity contribution in [2.75, 3.05) is 31.6 Å². The van der Waals surface area contributed by atoms with Crippen LogP contribution in [0.25, 0.3) is 10.9 Å². The van der Waals surface area contributed by atoms with E-state index < -0.39 is 23.7 Å². The van der Waals surface area contributed by atoms with E-state index in [2.05, 4.69) is 15.6 Å². The number of ketones is 1. The van der Waals surface area contributed by atoms with E-state index >= 15 is 0 Å². The third-order valence-electron chi connectivity index (χ3n) is 7.33. The maximum absolute atomic E-state index is 13.4. The van der Waals surface area contributed by atoms with E-state index in [1.807, 2.05) is 19.9 Å². The number of H-pyrrole nitrogens is 1. The maximum atomic E-state index is 13.4. The molecule has 11 nitrogen and oxygen atoms in total. The zero-order valence-corrected chi connectivity index (χ0v) is 25.3. The summed E-state index contributed by atoms with van der Waals surface area (Å²) in [5.41, 5.74) is 2.13. The molecule has 0 aliphatic carbocycles. The number of fused-ring (bicyclic) bond motifs is 1. The first-order chi connectivity index (χ1) is 21.2. The Bertz CT molecular complexity index is 1620. The number of Topliss-reactive ketones (excluding diaryl/α,β-unsaturated/α-hetero) is 1. The number of para-hydroxylation sites is 1. The van der Waals surface area contributed by atoms with Gasteiger partial charge in [0.1, 0.15) is 0 Å². The SMILES string of the molecule is CC=C(C(=O)OCC)C(=CCC)NC(=O)Nc1cccc2c(C(=O)C(=O)N3CCN(C(=O)c4ccccc4)CC3C)c[nH]c12. The molecule has 2 aromatic carbocycles. The number of allylic oxidation sites excluding steroid dienone is 2. The standard InChI is InChI=1S/C33H37N5O6/c1-5-12-26(23(6-2)32(42)44-7-3)35-33(43)36-27-16-11-15-24-25(19-34-28(24)27)29(39)31(41)38-18-17-37(20-21(38)4)30(40)22-13-9-8-10-14-22/h6,8-16,19,21,34H,5,7,17-18,20H2,1-4H3,(H2,35,36,43). The molecule has 4 rings (SSSR count). The molecule has 3 N–H and O–H groups in total. The van der Waals surface area contributed by atoms with Crippen molar-refractivity contribution in [3.8, 4) is 0 Å². The van der Waals surface area contributed by atoms with Gasteiger partial charge in [0.2, 0.25) is 0 Å². The van der Waals surface area contributed by atoms with Gasteiger partial charge in [-0.25, -0.2) is 9.59 Å². The predicted octanol–water partition coefficient (Wildman–Crippen LogP) is 4.65. The summed E-state index contributed by atoms with van der Waals surface area (Å²) in [6, 6.07) is 13.0. The van der Waals surface area contributed by atoms with E-state index in [0.717, 1.165) is 0 Å². The summed E-state index contributed by atoms with van der Waals surface area (Å²) in [6.07, 6.45) is 5.30. The van der Waals surface area contributed by atoms with Gasteiger partial charge < -0.3 is 30.2 Å². The number of nitrogens with one attached hydrogen (secondary N) is 3. The Morgan fingerprint density at radius 1 is 1.02 bits per heavy atom. The van der Waals surface area contributed by atoms with Crippen LogP contribution in [0.3, 0.4) is 0 Å². The minimum Gasteiger partial charge on any atom is -0.462 e. The highest BCUT2D eigenvalue weighted by Gasteiger charge is 2.34. The van der Waals surface area contributed by atoms with Gasteiger partial charge in [-0.1, -0.05) is 49.4 Å². The molecule has 1 aromatic heterocycles. The van der Waals surface area contributed by atoms with Crippen LogP contribution in [-0.4, -0.2) is 76.7 Å².